The molecule has 0 saturated heterocycles. The van der Waals surface area contributed by atoms with Gasteiger partial charge in [-0.05, 0) is 89.0 Å². The van der Waals surface area contributed by atoms with Crippen molar-refractivity contribution in [2.24, 2.45) is 0 Å². The summed E-state index contributed by atoms with van der Waals surface area (Å²) in [6.07, 6.45) is 0. The molecule has 0 unspecified atom stereocenters. The molecule has 1 spiro atoms. The largest absolute Gasteiger partial charge is 0.228 e. The first kappa shape index (κ1) is 30.3. The summed E-state index contributed by atoms with van der Waals surface area (Å²) in [6, 6.07) is 70.7. The Morgan fingerprint density at radius 2 is 0.764 bits per heavy atom. The van der Waals surface area contributed by atoms with E-state index in [1.54, 1.807) is 0 Å². The highest BCUT2D eigenvalue weighted by molar-refractivity contribution is 6.25. The Balaban J connectivity index is 1.13. The number of nitrogens with zero attached hydrogens (tertiary/aromatic N) is 2. The van der Waals surface area contributed by atoms with Crippen molar-refractivity contribution in [2.45, 2.75) is 5.41 Å². The Kier molecular flexibility index (Phi) is 6.29. The predicted molar refractivity (Wildman–Crippen MR) is 227 cm³/mol. The number of hydrogen-bond donors (Lipinski definition) is 0. The van der Waals surface area contributed by atoms with Gasteiger partial charge in [0, 0.05) is 16.7 Å². The third kappa shape index (κ3) is 4.14. The Morgan fingerprint density at radius 1 is 0.291 bits per heavy atom. The van der Waals surface area contributed by atoms with E-state index < -0.39 is 5.41 Å². The van der Waals surface area contributed by atoms with Gasteiger partial charge < -0.3 is 0 Å². The van der Waals surface area contributed by atoms with Crippen molar-refractivity contribution in [1.82, 2.24) is 9.97 Å². The van der Waals surface area contributed by atoms with Crippen molar-refractivity contribution in [3.8, 4) is 56.2 Å². The van der Waals surface area contributed by atoms with Gasteiger partial charge in [0.15, 0.2) is 5.82 Å². The summed E-state index contributed by atoms with van der Waals surface area (Å²) in [5.74, 6) is 0.715. The molecule has 0 saturated carbocycles. The van der Waals surface area contributed by atoms with Crippen molar-refractivity contribution in [3.63, 3.8) is 0 Å². The summed E-state index contributed by atoms with van der Waals surface area (Å²) in [5, 5.41) is 7.52. The van der Waals surface area contributed by atoms with E-state index in [9.17, 15) is 0 Å². The molecule has 0 atom stereocenters. The van der Waals surface area contributed by atoms with Crippen LogP contribution >= 0.6 is 0 Å². The molecule has 2 aliphatic rings. The minimum Gasteiger partial charge on any atom is -0.228 e. The second kappa shape index (κ2) is 11.4. The molecular weight excluding hydrogens is 665 g/mol. The van der Waals surface area contributed by atoms with Gasteiger partial charge in [-0.15, -0.1) is 0 Å². The van der Waals surface area contributed by atoms with Gasteiger partial charge in [0.25, 0.3) is 0 Å². The topological polar surface area (TPSA) is 25.8 Å². The summed E-state index contributed by atoms with van der Waals surface area (Å²) in [6.45, 7) is 0. The molecular formula is C53H32N2. The Hall–Kier alpha value is -7.16. The molecule has 55 heavy (non-hydrogen) atoms. The zero-order chi connectivity index (χ0) is 36.1. The molecule has 0 radical (unpaired) electrons. The lowest BCUT2D eigenvalue weighted by Gasteiger charge is -2.30. The Bertz CT molecular complexity index is 3130. The van der Waals surface area contributed by atoms with E-state index in [-0.39, 0.29) is 0 Å². The first-order chi connectivity index (χ1) is 27.3. The van der Waals surface area contributed by atoms with E-state index in [0.717, 1.165) is 28.1 Å². The summed E-state index contributed by atoms with van der Waals surface area (Å²) >= 11 is 0. The third-order valence-corrected chi connectivity index (χ3v) is 12.1. The van der Waals surface area contributed by atoms with E-state index in [2.05, 4.69) is 188 Å². The number of aromatic nitrogens is 2. The molecule has 1 aromatic heterocycles. The molecule has 2 aliphatic carbocycles. The minimum absolute atomic E-state index is 0.421. The lowest BCUT2D eigenvalue weighted by molar-refractivity contribution is 0.794. The molecule has 254 valence electrons. The van der Waals surface area contributed by atoms with Crippen LogP contribution in [0.1, 0.15) is 22.3 Å². The third-order valence-electron chi connectivity index (χ3n) is 12.1. The summed E-state index contributed by atoms with van der Waals surface area (Å²) < 4.78 is 0. The highest BCUT2D eigenvalue weighted by atomic mass is 14.9. The van der Waals surface area contributed by atoms with Crippen LogP contribution < -0.4 is 0 Å². The SMILES string of the molecule is c1ccc(-c2nc(-c3ccc4c5ccccc5c5ccccc5c4c3)cc(-c3cccc4c3-c3ccccc3C43c4ccccc4-c4ccccc43)n2)cc1. The molecule has 1 heterocycles. The second-order valence-corrected chi connectivity index (χ2v) is 14.8. The zero-order valence-corrected chi connectivity index (χ0v) is 29.9. The average Bonchev–Trinajstić information content (AvgIpc) is 3.74. The van der Waals surface area contributed by atoms with Crippen molar-refractivity contribution in [1.29, 1.82) is 0 Å². The molecule has 2 heteroatoms. The van der Waals surface area contributed by atoms with Gasteiger partial charge in [-0.2, -0.15) is 0 Å². The van der Waals surface area contributed by atoms with Crippen LogP contribution in [0.5, 0.6) is 0 Å². The van der Waals surface area contributed by atoms with Gasteiger partial charge in [-0.25, -0.2) is 9.97 Å². The van der Waals surface area contributed by atoms with Crippen LogP contribution in [0.4, 0.5) is 0 Å². The molecule has 12 rings (SSSR count). The molecule has 0 fully saturated rings. The maximum atomic E-state index is 5.40. The maximum absolute atomic E-state index is 5.40. The maximum Gasteiger partial charge on any atom is 0.160 e. The quantitative estimate of drug-likeness (QED) is 0.172. The normalized spacial score (nSPS) is 13.2. The molecule has 0 aliphatic heterocycles. The Morgan fingerprint density at radius 3 is 1.42 bits per heavy atom. The molecule has 0 bridgehead atoms. The number of rotatable bonds is 3. The zero-order valence-electron chi connectivity index (χ0n) is 29.9. The van der Waals surface area contributed by atoms with Crippen LogP contribution in [0.15, 0.2) is 194 Å². The van der Waals surface area contributed by atoms with Crippen molar-refractivity contribution in [3.05, 3.63) is 216 Å². The van der Waals surface area contributed by atoms with Crippen LogP contribution in [0.25, 0.3) is 88.5 Å². The van der Waals surface area contributed by atoms with Crippen LogP contribution in [-0.4, -0.2) is 9.97 Å². The number of benzene rings is 9. The molecule has 0 amide bonds. The van der Waals surface area contributed by atoms with Crippen LogP contribution in [0.2, 0.25) is 0 Å². The molecule has 2 nitrogen and oxygen atoms in total. The van der Waals surface area contributed by atoms with Gasteiger partial charge in [0.05, 0.1) is 16.8 Å². The van der Waals surface area contributed by atoms with Crippen molar-refractivity contribution >= 4 is 32.3 Å². The first-order valence-corrected chi connectivity index (χ1v) is 19.0. The van der Waals surface area contributed by atoms with E-state index >= 15 is 0 Å². The smallest absolute Gasteiger partial charge is 0.160 e. The molecule has 9 aromatic carbocycles. The lowest BCUT2D eigenvalue weighted by Crippen LogP contribution is -2.25. The van der Waals surface area contributed by atoms with Crippen LogP contribution in [-0.2, 0) is 5.41 Å². The highest BCUT2D eigenvalue weighted by Crippen LogP contribution is 2.63. The van der Waals surface area contributed by atoms with Gasteiger partial charge in [-0.1, -0.05) is 182 Å². The summed E-state index contributed by atoms with van der Waals surface area (Å²) in [4.78, 5) is 10.7. The first-order valence-electron chi connectivity index (χ1n) is 19.0. The fourth-order valence-corrected chi connectivity index (χ4v) is 9.87. The van der Waals surface area contributed by atoms with Gasteiger partial charge >= 0.3 is 0 Å². The van der Waals surface area contributed by atoms with Gasteiger partial charge in [0.2, 0.25) is 0 Å². The average molecular weight is 697 g/mol. The number of fused-ring (bicyclic) bond motifs is 16. The van der Waals surface area contributed by atoms with Crippen LogP contribution in [0.3, 0.4) is 0 Å². The Labute approximate surface area is 319 Å². The minimum atomic E-state index is -0.421. The van der Waals surface area contributed by atoms with E-state index in [1.165, 1.54) is 76.8 Å². The monoisotopic (exact) mass is 696 g/mol. The number of hydrogen-bond acceptors (Lipinski definition) is 2. The van der Waals surface area contributed by atoms with E-state index in [0.29, 0.717) is 5.82 Å². The van der Waals surface area contributed by atoms with E-state index in [1.807, 2.05) is 6.07 Å². The highest BCUT2D eigenvalue weighted by Gasteiger charge is 2.52. The standard InChI is InChI=1S/C53H32N2/c1-2-15-33(16-3-1)52-54-49(34-29-30-39-37-19-5-4-17-35(37)36-18-6-7-20-38(36)44(39)31-34)32-50(55-52)43-24-14-28-48-51(43)42-23-10-13-27-47(42)53(48)45-25-11-8-21-40(45)41-22-9-12-26-46(41)53/h1-32H. The van der Waals surface area contributed by atoms with E-state index in [4.69, 9.17) is 9.97 Å². The fourth-order valence-electron chi connectivity index (χ4n) is 9.87. The molecule has 0 N–H and O–H groups in total. The lowest BCUT2D eigenvalue weighted by atomic mass is 9.70. The molecule has 10 aromatic rings. The summed E-state index contributed by atoms with van der Waals surface area (Å²) in [5.41, 5.74) is 15.0. The van der Waals surface area contributed by atoms with Crippen LogP contribution in [0, 0.1) is 0 Å². The summed E-state index contributed by atoms with van der Waals surface area (Å²) in [7, 11) is 0. The second-order valence-electron chi connectivity index (χ2n) is 14.8. The fraction of sp³-hybridized carbons (Fsp3) is 0.0189. The van der Waals surface area contributed by atoms with Crippen molar-refractivity contribution in [2.75, 3.05) is 0 Å². The van der Waals surface area contributed by atoms with Gasteiger partial charge in [-0.3, -0.25) is 0 Å². The van der Waals surface area contributed by atoms with Crippen molar-refractivity contribution < 1.29 is 0 Å². The predicted octanol–water partition coefficient (Wildman–Crippen LogP) is 13.3. The van der Waals surface area contributed by atoms with Gasteiger partial charge in [0.1, 0.15) is 0 Å².